The fourth-order valence-electron chi connectivity index (χ4n) is 3.82. The molecule has 2 aliphatic rings. The van der Waals surface area contributed by atoms with Crippen LogP contribution in [0.3, 0.4) is 0 Å². The first-order valence-electron chi connectivity index (χ1n) is 10.5. The summed E-state index contributed by atoms with van der Waals surface area (Å²) in [7, 11) is 0. The SMILES string of the molecule is CC(C)C(=O)Nc1cncc(-c2cnc3[nH]nc(C4=NC5(C)C(C#N)=CN=CC5N4)c3c2)c1. The monoisotopic (exact) mass is 439 g/mol. The highest BCUT2D eigenvalue weighted by Crippen LogP contribution is 2.33. The smallest absolute Gasteiger partial charge is 0.226 e. The van der Waals surface area contributed by atoms with Crippen molar-refractivity contribution < 1.29 is 4.79 Å². The van der Waals surface area contributed by atoms with E-state index in [1.54, 1.807) is 31.0 Å². The zero-order valence-electron chi connectivity index (χ0n) is 18.3. The molecule has 33 heavy (non-hydrogen) atoms. The van der Waals surface area contributed by atoms with E-state index in [9.17, 15) is 10.1 Å². The van der Waals surface area contributed by atoms with Gasteiger partial charge in [-0.25, -0.2) is 4.98 Å². The fraction of sp³-hybridized carbons (Fsp3) is 0.261. The lowest BCUT2D eigenvalue weighted by molar-refractivity contribution is -0.118. The third-order valence-electron chi connectivity index (χ3n) is 5.85. The van der Waals surface area contributed by atoms with Crippen LogP contribution in [0.2, 0.25) is 0 Å². The summed E-state index contributed by atoms with van der Waals surface area (Å²) in [6, 6.07) is 5.77. The fourth-order valence-corrected chi connectivity index (χ4v) is 3.82. The maximum absolute atomic E-state index is 12.1. The van der Waals surface area contributed by atoms with Gasteiger partial charge in [0.15, 0.2) is 11.5 Å². The molecule has 0 fully saturated rings. The van der Waals surface area contributed by atoms with Crippen LogP contribution in [0.25, 0.3) is 22.2 Å². The van der Waals surface area contributed by atoms with Crippen molar-refractivity contribution in [3.05, 3.63) is 48.2 Å². The van der Waals surface area contributed by atoms with Crippen molar-refractivity contribution in [2.24, 2.45) is 15.9 Å². The standard InChI is InChI=1S/C23H21N9O/c1-12(2)22(33)28-16-4-13(7-25-10-16)14-5-17-19(31-32-20(17)27-8-14)21-29-18-11-26-9-15(6-24)23(18,3)30-21/h4-5,7-12,18H,1-3H3,(H,28,33)(H,29,30)(H,27,31,32). The van der Waals surface area contributed by atoms with E-state index in [4.69, 9.17) is 4.99 Å². The number of nitrogens with one attached hydrogen (secondary N) is 3. The molecule has 164 valence electrons. The van der Waals surface area contributed by atoms with Gasteiger partial charge in [0, 0.05) is 41.9 Å². The van der Waals surface area contributed by atoms with Gasteiger partial charge in [0.1, 0.15) is 11.2 Å². The van der Waals surface area contributed by atoms with E-state index in [2.05, 4.69) is 41.9 Å². The minimum atomic E-state index is -0.741. The number of aromatic amines is 1. The van der Waals surface area contributed by atoms with E-state index in [0.717, 1.165) is 16.5 Å². The Morgan fingerprint density at radius 1 is 1.24 bits per heavy atom. The quantitative estimate of drug-likeness (QED) is 0.570. The lowest BCUT2D eigenvalue weighted by Gasteiger charge is -2.27. The van der Waals surface area contributed by atoms with Crippen LogP contribution in [0.4, 0.5) is 5.69 Å². The first-order valence-corrected chi connectivity index (χ1v) is 10.5. The molecular weight excluding hydrogens is 418 g/mol. The first kappa shape index (κ1) is 20.5. The predicted octanol–water partition coefficient (Wildman–Crippen LogP) is 2.58. The summed E-state index contributed by atoms with van der Waals surface area (Å²) in [6.07, 6.45) is 8.35. The van der Waals surface area contributed by atoms with Crippen LogP contribution >= 0.6 is 0 Å². The lowest BCUT2D eigenvalue weighted by atomic mass is 9.86. The summed E-state index contributed by atoms with van der Waals surface area (Å²) >= 11 is 0. The Morgan fingerprint density at radius 3 is 2.85 bits per heavy atom. The highest BCUT2D eigenvalue weighted by molar-refractivity contribution is 6.10. The van der Waals surface area contributed by atoms with Crippen LogP contribution in [0, 0.1) is 17.2 Å². The molecule has 5 heterocycles. The van der Waals surface area contributed by atoms with Crippen LogP contribution in [0.15, 0.2) is 52.5 Å². The molecule has 0 aliphatic carbocycles. The van der Waals surface area contributed by atoms with Gasteiger partial charge in [-0.15, -0.1) is 0 Å². The Bertz CT molecular complexity index is 1410. The van der Waals surface area contributed by atoms with Gasteiger partial charge in [0.05, 0.1) is 35.0 Å². The average Bonchev–Trinajstić information content (AvgIpc) is 3.38. The number of aromatic nitrogens is 4. The third kappa shape index (κ3) is 3.43. The zero-order chi connectivity index (χ0) is 23.2. The van der Waals surface area contributed by atoms with Gasteiger partial charge in [-0.3, -0.25) is 24.9 Å². The molecule has 10 nitrogen and oxygen atoms in total. The Balaban J connectivity index is 1.52. The van der Waals surface area contributed by atoms with Crippen molar-refractivity contribution in [1.29, 1.82) is 5.26 Å². The predicted molar refractivity (Wildman–Crippen MR) is 125 cm³/mol. The lowest BCUT2D eigenvalue weighted by Crippen LogP contribution is -2.46. The normalized spacial score (nSPS) is 21.2. The Morgan fingerprint density at radius 2 is 2.06 bits per heavy atom. The average molecular weight is 439 g/mol. The molecule has 0 spiro atoms. The van der Waals surface area contributed by atoms with Gasteiger partial charge >= 0.3 is 0 Å². The highest BCUT2D eigenvalue weighted by atomic mass is 16.1. The molecular formula is C23H21N9O. The van der Waals surface area contributed by atoms with Gasteiger partial charge in [-0.1, -0.05) is 13.8 Å². The number of anilines is 1. The number of pyridine rings is 2. The van der Waals surface area contributed by atoms with Crippen LogP contribution in [-0.2, 0) is 4.79 Å². The molecule has 2 unspecified atom stereocenters. The number of carbonyl (C=O) groups is 1. The number of aliphatic imine (C=N–C) groups is 2. The molecule has 3 aromatic heterocycles. The van der Waals surface area contributed by atoms with E-state index in [0.29, 0.717) is 28.4 Å². The number of amides is 1. The number of carbonyl (C=O) groups excluding carboxylic acids is 1. The first-order chi connectivity index (χ1) is 15.9. The van der Waals surface area contributed by atoms with Crippen molar-refractivity contribution in [3.8, 4) is 17.2 Å². The number of hydrogen-bond donors (Lipinski definition) is 3. The van der Waals surface area contributed by atoms with E-state index < -0.39 is 5.54 Å². The Kier molecular flexibility index (Phi) is 4.74. The number of fused-ring (bicyclic) bond motifs is 2. The van der Waals surface area contributed by atoms with E-state index in [1.807, 2.05) is 32.9 Å². The number of amidine groups is 1. The van der Waals surface area contributed by atoms with Gasteiger partial charge in [-0.2, -0.15) is 10.4 Å². The molecule has 0 saturated carbocycles. The third-order valence-corrected chi connectivity index (χ3v) is 5.85. The second kappa shape index (κ2) is 7.63. The minimum absolute atomic E-state index is 0.0748. The van der Waals surface area contributed by atoms with Gasteiger partial charge < -0.3 is 10.6 Å². The summed E-state index contributed by atoms with van der Waals surface area (Å²) < 4.78 is 0. The van der Waals surface area contributed by atoms with E-state index in [-0.39, 0.29) is 17.9 Å². The van der Waals surface area contributed by atoms with Crippen molar-refractivity contribution in [2.45, 2.75) is 32.4 Å². The van der Waals surface area contributed by atoms with Gasteiger partial charge in [-0.05, 0) is 19.1 Å². The van der Waals surface area contributed by atoms with Crippen molar-refractivity contribution in [3.63, 3.8) is 0 Å². The summed E-state index contributed by atoms with van der Waals surface area (Å²) in [5.41, 5.74) is 3.21. The van der Waals surface area contributed by atoms with Crippen LogP contribution in [0.5, 0.6) is 0 Å². The maximum atomic E-state index is 12.1. The van der Waals surface area contributed by atoms with E-state index in [1.165, 1.54) is 0 Å². The molecule has 2 aliphatic heterocycles. The summed E-state index contributed by atoms with van der Waals surface area (Å²) in [4.78, 5) is 29.8. The molecule has 0 saturated heterocycles. The van der Waals surface area contributed by atoms with Crippen molar-refractivity contribution >= 4 is 34.7 Å². The second-order valence-corrected chi connectivity index (χ2v) is 8.48. The van der Waals surface area contributed by atoms with Crippen molar-refractivity contribution in [2.75, 3.05) is 5.32 Å². The molecule has 0 bridgehead atoms. The van der Waals surface area contributed by atoms with Crippen LogP contribution < -0.4 is 10.6 Å². The summed E-state index contributed by atoms with van der Waals surface area (Å²) in [5.74, 6) is 0.361. The molecule has 10 heteroatoms. The largest absolute Gasteiger partial charge is 0.358 e. The topological polar surface area (TPSA) is 144 Å². The number of rotatable bonds is 4. The molecule has 3 aromatic rings. The second-order valence-electron chi connectivity index (χ2n) is 8.48. The molecule has 5 rings (SSSR count). The minimum Gasteiger partial charge on any atom is -0.358 e. The Hall–Kier alpha value is -4.39. The molecule has 0 aromatic carbocycles. The van der Waals surface area contributed by atoms with E-state index >= 15 is 0 Å². The van der Waals surface area contributed by atoms with Gasteiger partial charge in [0.2, 0.25) is 5.91 Å². The Labute approximate surface area is 189 Å². The molecule has 2 atom stereocenters. The maximum Gasteiger partial charge on any atom is 0.226 e. The van der Waals surface area contributed by atoms with Gasteiger partial charge in [0.25, 0.3) is 0 Å². The number of H-pyrrole nitrogens is 1. The zero-order valence-corrected chi connectivity index (χ0v) is 18.3. The number of hydrogen-bond acceptors (Lipinski definition) is 8. The number of nitriles is 1. The molecule has 3 N–H and O–H groups in total. The summed E-state index contributed by atoms with van der Waals surface area (Å²) in [6.45, 7) is 5.57. The highest BCUT2D eigenvalue weighted by Gasteiger charge is 2.45. The summed E-state index contributed by atoms with van der Waals surface area (Å²) in [5, 5.41) is 23.9. The van der Waals surface area contributed by atoms with Crippen LogP contribution in [-0.4, -0.2) is 49.7 Å². The molecule has 1 amide bonds. The number of nitrogens with zero attached hydrogens (tertiary/aromatic N) is 6. The molecule has 0 radical (unpaired) electrons. The van der Waals surface area contributed by atoms with Crippen molar-refractivity contribution in [1.82, 2.24) is 25.5 Å². The van der Waals surface area contributed by atoms with Crippen LogP contribution in [0.1, 0.15) is 26.5 Å².